The highest BCUT2D eigenvalue weighted by molar-refractivity contribution is 5.96. The number of rotatable bonds is 3. The Morgan fingerprint density at radius 1 is 1.05 bits per heavy atom. The fourth-order valence-corrected chi connectivity index (χ4v) is 2.37. The summed E-state index contributed by atoms with van der Waals surface area (Å²) >= 11 is 0. The lowest BCUT2D eigenvalue weighted by Crippen LogP contribution is -1.80. The molecule has 2 aromatic carbocycles. The van der Waals surface area contributed by atoms with Crippen LogP contribution in [-0.2, 0) is 6.42 Å². The normalized spacial score (nSPS) is 11.5. The van der Waals surface area contributed by atoms with Crippen molar-refractivity contribution in [3.05, 3.63) is 53.6 Å². The second-order valence-electron chi connectivity index (χ2n) is 5.05. The quantitative estimate of drug-likeness (QED) is 0.639. The molecule has 0 saturated carbocycles. The number of fused-ring (bicyclic) bond motifs is 1. The van der Waals surface area contributed by atoms with Crippen LogP contribution < -0.4 is 0 Å². The third kappa shape index (κ3) is 2.52. The van der Waals surface area contributed by atoms with Gasteiger partial charge in [0.15, 0.2) is 5.69 Å². The van der Waals surface area contributed by atoms with E-state index in [0.29, 0.717) is 5.69 Å². The number of azo groups is 1. The summed E-state index contributed by atoms with van der Waals surface area (Å²) < 4.78 is 0. The molecule has 0 unspecified atom stereocenters. The molecule has 0 spiro atoms. The summed E-state index contributed by atoms with van der Waals surface area (Å²) in [6.07, 6.45) is 0.895. The first-order chi connectivity index (χ1) is 10.2. The molecule has 0 atom stereocenters. The molecule has 106 valence electrons. The molecule has 0 aliphatic carbocycles. The lowest BCUT2D eigenvalue weighted by atomic mass is 10.1. The summed E-state index contributed by atoms with van der Waals surface area (Å²) in [4.78, 5) is 2.99. The molecule has 4 nitrogen and oxygen atoms in total. The van der Waals surface area contributed by atoms with E-state index < -0.39 is 0 Å². The molecule has 0 aliphatic heterocycles. The monoisotopic (exact) mass is 279 g/mol. The van der Waals surface area contributed by atoms with E-state index >= 15 is 0 Å². The molecule has 1 aromatic heterocycles. The van der Waals surface area contributed by atoms with Gasteiger partial charge in [-0.25, -0.2) is 0 Å². The molecule has 0 bridgehead atoms. The zero-order valence-corrected chi connectivity index (χ0v) is 12.1. The van der Waals surface area contributed by atoms with Crippen molar-refractivity contribution in [2.45, 2.75) is 20.3 Å². The number of aryl methyl sites for hydroxylation is 2. The number of para-hydroxylation sites is 1. The Kier molecular flexibility index (Phi) is 3.44. The minimum Gasteiger partial charge on any atom is -0.493 e. The Labute approximate surface area is 123 Å². The highest BCUT2D eigenvalue weighted by Crippen LogP contribution is 2.37. The lowest BCUT2D eigenvalue weighted by molar-refractivity contribution is 0.459. The van der Waals surface area contributed by atoms with Gasteiger partial charge in [0.05, 0.1) is 11.2 Å². The number of H-pyrrole nitrogens is 1. The highest BCUT2D eigenvalue weighted by Gasteiger charge is 2.12. The SMILES string of the molecule is CCc1cccc2c(N=Nc3ccc(C)cc3)c(O)[nH]c12. The summed E-state index contributed by atoms with van der Waals surface area (Å²) in [7, 11) is 0. The number of benzene rings is 2. The van der Waals surface area contributed by atoms with Gasteiger partial charge in [0.2, 0.25) is 5.88 Å². The van der Waals surface area contributed by atoms with Crippen molar-refractivity contribution in [3.8, 4) is 5.88 Å². The Morgan fingerprint density at radius 2 is 1.81 bits per heavy atom. The van der Waals surface area contributed by atoms with Crippen LogP contribution in [0, 0.1) is 6.92 Å². The first-order valence-electron chi connectivity index (χ1n) is 7.00. The third-order valence-corrected chi connectivity index (χ3v) is 3.55. The van der Waals surface area contributed by atoms with Crippen molar-refractivity contribution < 1.29 is 5.11 Å². The zero-order valence-electron chi connectivity index (χ0n) is 12.1. The Bertz CT molecular complexity index is 801. The summed E-state index contributed by atoms with van der Waals surface area (Å²) in [5, 5.41) is 19.4. The summed E-state index contributed by atoms with van der Waals surface area (Å²) in [5.74, 6) is 0.0572. The molecule has 2 N–H and O–H groups in total. The van der Waals surface area contributed by atoms with Gasteiger partial charge in [-0.1, -0.05) is 42.8 Å². The van der Waals surface area contributed by atoms with Crippen LogP contribution in [0.1, 0.15) is 18.1 Å². The minimum absolute atomic E-state index is 0.0572. The molecule has 4 heteroatoms. The highest BCUT2D eigenvalue weighted by atomic mass is 16.3. The number of hydrogen-bond acceptors (Lipinski definition) is 3. The summed E-state index contributed by atoms with van der Waals surface area (Å²) in [5.41, 5.74) is 4.51. The van der Waals surface area contributed by atoms with Crippen LogP contribution in [-0.4, -0.2) is 10.1 Å². The first-order valence-corrected chi connectivity index (χ1v) is 7.00. The fraction of sp³-hybridized carbons (Fsp3) is 0.176. The van der Waals surface area contributed by atoms with Crippen LogP contribution in [0.25, 0.3) is 10.9 Å². The molecule has 21 heavy (non-hydrogen) atoms. The number of nitrogens with zero attached hydrogens (tertiary/aromatic N) is 2. The minimum atomic E-state index is 0.0572. The number of nitrogens with one attached hydrogen (secondary N) is 1. The smallest absolute Gasteiger partial charge is 0.218 e. The summed E-state index contributed by atoms with van der Waals surface area (Å²) in [6.45, 7) is 4.11. The van der Waals surface area contributed by atoms with E-state index in [2.05, 4.69) is 22.1 Å². The molecule has 0 aliphatic rings. The van der Waals surface area contributed by atoms with E-state index in [9.17, 15) is 5.11 Å². The molecule has 3 aromatic rings. The van der Waals surface area contributed by atoms with Crippen LogP contribution in [0.15, 0.2) is 52.7 Å². The Hall–Kier alpha value is -2.62. The predicted molar refractivity (Wildman–Crippen MR) is 84.7 cm³/mol. The van der Waals surface area contributed by atoms with Gasteiger partial charge < -0.3 is 10.1 Å². The van der Waals surface area contributed by atoms with E-state index in [-0.39, 0.29) is 5.88 Å². The van der Waals surface area contributed by atoms with E-state index in [1.54, 1.807) is 0 Å². The summed E-state index contributed by atoms with van der Waals surface area (Å²) in [6, 6.07) is 13.7. The largest absolute Gasteiger partial charge is 0.493 e. The number of aromatic hydroxyl groups is 1. The van der Waals surface area contributed by atoms with Gasteiger partial charge in [-0.3, -0.25) is 0 Å². The maximum atomic E-state index is 10.1. The fourth-order valence-electron chi connectivity index (χ4n) is 2.37. The molecule has 0 amide bonds. The van der Waals surface area contributed by atoms with Crippen molar-refractivity contribution in [2.75, 3.05) is 0 Å². The van der Waals surface area contributed by atoms with Gasteiger partial charge >= 0.3 is 0 Å². The van der Waals surface area contributed by atoms with Gasteiger partial charge in [-0.2, -0.15) is 5.11 Å². The maximum absolute atomic E-state index is 10.1. The second-order valence-corrected chi connectivity index (χ2v) is 5.05. The van der Waals surface area contributed by atoms with E-state index in [4.69, 9.17) is 0 Å². The number of hydrogen-bond donors (Lipinski definition) is 2. The van der Waals surface area contributed by atoms with E-state index in [0.717, 1.165) is 28.6 Å². The van der Waals surface area contributed by atoms with Crippen LogP contribution in [0.3, 0.4) is 0 Å². The molecule has 1 heterocycles. The van der Waals surface area contributed by atoms with Crippen molar-refractivity contribution in [1.82, 2.24) is 4.98 Å². The van der Waals surface area contributed by atoms with Crippen LogP contribution in [0.2, 0.25) is 0 Å². The molecule has 3 rings (SSSR count). The van der Waals surface area contributed by atoms with Gasteiger partial charge in [-0.15, -0.1) is 5.11 Å². The molecule has 0 radical (unpaired) electrons. The average molecular weight is 279 g/mol. The molecular formula is C17H17N3O. The van der Waals surface area contributed by atoms with Crippen molar-refractivity contribution in [3.63, 3.8) is 0 Å². The topological polar surface area (TPSA) is 60.7 Å². The second kappa shape index (κ2) is 5.40. The number of aromatic nitrogens is 1. The molecule has 0 saturated heterocycles. The Balaban J connectivity index is 2.04. The predicted octanol–water partition coefficient (Wildman–Crippen LogP) is 5.16. The number of aromatic amines is 1. The van der Waals surface area contributed by atoms with E-state index in [1.807, 2.05) is 49.4 Å². The first kappa shape index (κ1) is 13.4. The van der Waals surface area contributed by atoms with Crippen LogP contribution in [0.4, 0.5) is 11.4 Å². The van der Waals surface area contributed by atoms with E-state index in [1.165, 1.54) is 5.56 Å². The van der Waals surface area contributed by atoms with Crippen molar-refractivity contribution >= 4 is 22.3 Å². The maximum Gasteiger partial charge on any atom is 0.218 e. The van der Waals surface area contributed by atoms with Gasteiger partial charge in [-0.05, 0) is 31.0 Å². The van der Waals surface area contributed by atoms with Crippen molar-refractivity contribution in [2.24, 2.45) is 10.2 Å². The van der Waals surface area contributed by atoms with Crippen molar-refractivity contribution in [1.29, 1.82) is 0 Å². The lowest BCUT2D eigenvalue weighted by Gasteiger charge is -1.98. The molecular weight excluding hydrogens is 262 g/mol. The van der Waals surface area contributed by atoms with Gasteiger partial charge in [0, 0.05) is 5.39 Å². The Morgan fingerprint density at radius 3 is 2.52 bits per heavy atom. The standard InChI is InChI=1S/C17H17N3O/c1-3-12-5-4-6-14-15(12)18-17(21)16(14)20-19-13-9-7-11(2)8-10-13/h4-10,18,21H,3H2,1-2H3. The molecule has 0 fully saturated rings. The van der Waals surface area contributed by atoms with Crippen LogP contribution in [0.5, 0.6) is 5.88 Å². The average Bonchev–Trinajstić information content (AvgIpc) is 2.82. The van der Waals surface area contributed by atoms with Gasteiger partial charge in [0.1, 0.15) is 0 Å². The van der Waals surface area contributed by atoms with Crippen LogP contribution >= 0.6 is 0 Å². The zero-order chi connectivity index (χ0) is 14.8. The third-order valence-electron chi connectivity index (χ3n) is 3.55. The van der Waals surface area contributed by atoms with Gasteiger partial charge in [0.25, 0.3) is 0 Å².